The summed E-state index contributed by atoms with van der Waals surface area (Å²) in [7, 11) is 0. The Kier molecular flexibility index (Phi) is 5.35. The summed E-state index contributed by atoms with van der Waals surface area (Å²) in [4.78, 5) is 29.6. The zero-order valence-electron chi connectivity index (χ0n) is 15.8. The Morgan fingerprint density at radius 3 is 2.75 bits per heavy atom. The van der Waals surface area contributed by atoms with Crippen LogP contribution in [0.25, 0.3) is 0 Å². The van der Waals surface area contributed by atoms with Gasteiger partial charge >= 0.3 is 5.97 Å². The number of amides is 1. The SMILES string of the molecule is NC(=O)C1(OC(=O)c2csc(NC3CCCCC3)n2)CCCc2ccccc21. The van der Waals surface area contributed by atoms with Crippen molar-refractivity contribution < 1.29 is 14.3 Å². The van der Waals surface area contributed by atoms with E-state index in [1.54, 1.807) is 5.38 Å². The number of carbonyl (C=O) groups excluding carboxylic acids is 2. The first-order valence-corrected chi connectivity index (χ1v) is 10.8. The highest BCUT2D eigenvalue weighted by molar-refractivity contribution is 7.13. The lowest BCUT2D eigenvalue weighted by Crippen LogP contribution is -2.47. The van der Waals surface area contributed by atoms with Gasteiger partial charge in [-0.2, -0.15) is 0 Å². The van der Waals surface area contributed by atoms with Crippen LogP contribution in [0.5, 0.6) is 0 Å². The average Bonchev–Trinajstić information content (AvgIpc) is 3.17. The van der Waals surface area contributed by atoms with Gasteiger partial charge in [-0.05, 0) is 31.2 Å². The number of esters is 1. The van der Waals surface area contributed by atoms with Gasteiger partial charge in [-0.3, -0.25) is 4.79 Å². The molecule has 1 atom stereocenters. The third-order valence-corrected chi connectivity index (χ3v) is 6.51. The molecule has 2 aromatic rings. The number of primary amides is 1. The number of anilines is 1. The molecule has 0 radical (unpaired) electrons. The van der Waals surface area contributed by atoms with Gasteiger partial charge in [0, 0.05) is 23.4 Å². The molecule has 7 heteroatoms. The standard InChI is InChI=1S/C21H25N3O3S/c22-19(26)21(12-6-8-14-7-4-5-11-16(14)21)27-18(25)17-13-28-20(24-17)23-15-9-2-1-3-10-15/h4-5,7,11,13,15H,1-3,6,8-10,12H2,(H2,22,26)(H,23,24). The van der Waals surface area contributed by atoms with Crippen molar-refractivity contribution in [2.75, 3.05) is 5.32 Å². The fourth-order valence-corrected chi connectivity index (χ4v) is 5.03. The summed E-state index contributed by atoms with van der Waals surface area (Å²) in [5.74, 6) is -1.24. The van der Waals surface area contributed by atoms with E-state index in [1.165, 1.54) is 30.6 Å². The Hall–Kier alpha value is -2.41. The minimum absolute atomic E-state index is 0.215. The average molecular weight is 400 g/mol. The van der Waals surface area contributed by atoms with Crippen molar-refractivity contribution in [3.8, 4) is 0 Å². The first-order valence-electron chi connectivity index (χ1n) is 9.92. The number of rotatable bonds is 5. The first kappa shape index (κ1) is 18.9. The van der Waals surface area contributed by atoms with Crippen molar-refractivity contribution in [1.82, 2.24) is 4.98 Å². The number of ether oxygens (including phenoxy) is 1. The fourth-order valence-electron chi connectivity index (χ4n) is 4.27. The van der Waals surface area contributed by atoms with Gasteiger partial charge in [0.25, 0.3) is 5.91 Å². The van der Waals surface area contributed by atoms with E-state index in [2.05, 4.69) is 10.3 Å². The van der Waals surface area contributed by atoms with Crippen LogP contribution in [-0.4, -0.2) is 22.9 Å². The Balaban J connectivity index is 1.53. The third kappa shape index (κ3) is 3.63. The predicted octanol–water partition coefficient (Wildman–Crippen LogP) is 3.76. The number of fused-ring (bicyclic) bond motifs is 1. The Morgan fingerprint density at radius 2 is 1.96 bits per heavy atom. The number of benzene rings is 1. The number of hydrogen-bond acceptors (Lipinski definition) is 6. The molecule has 0 bridgehead atoms. The van der Waals surface area contributed by atoms with Crippen molar-refractivity contribution in [1.29, 1.82) is 0 Å². The molecule has 1 unspecified atom stereocenters. The summed E-state index contributed by atoms with van der Waals surface area (Å²) >= 11 is 1.39. The number of aromatic nitrogens is 1. The molecule has 4 rings (SSSR count). The topological polar surface area (TPSA) is 94.3 Å². The first-order chi connectivity index (χ1) is 13.6. The van der Waals surface area contributed by atoms with Gasteiger partial charge in [0.15, 0.2) is 10.8 Å². The van der Waals surface area contributed by atoms with Crippen LogP contribution >= 0.6 is 11.3 Å². The zero-order valence-corrected chi connectivity index (χ0v) is 16.6. The van der Waals surface area contributed by atoms with Crippen LogP contribution in [0.2, 0.25) is 0 Å². The molecule has 3 N–H and O–H groups in total. The van der Waals surface area contributed by atoms with E-state index in [1.807, 2.05) is 24.3 Å². The second-order valence-corrected chi connectivity index (χ2v) is 8.47. The molecule has 1 heterocycles. The third-order valence-electron chi connectivity index (χ3n) is 5.74. The minimum atomic E-state index is -1.42. The molecule has 0 saturated heterocycles. The predicted molar refractivity (Wildman–Crippen MR) is 108 cm³/mol. The molecule has 28 heavy (non-hydrogen) atoms. The van der Waals surface area contributed by atoms with E-state index < -0.39 is 17.5 Å². The maximum Gasteiger partial charge on any atom is 0.359 e. The Bertz CT molecular complexity index is 875. The van der Waals surface area contributed by atoms with Crippen LogP contribution < -0.4 is 11.1 Å². The minimum Gasteiger partial charge on any atom is -0.439 e. The molecule has 0 aliphatic heterocycles. The molecular weight excluding hydrogens is 374 g/mol. The van der Waals surface area contributed by atoms with Crippen molar-refractivity contribution >= 4 is 28.3 Å². The molecule has 1 saturated carbocycles. The van der Waals surface area contributed by atoms with Gasteiger partial charge in [0.05, 0.1) is 0 Å². The van der Waals surface area contributed by atoms with E-state index in [9.17, 15) is 9.59 Å². The van der Waals surface area contributed by atoms with Gasteiger partial charge in [0.2, 0.25) is 5.60 Å². The molecule has 148 valence electrons. The van der Waals surface area contributed by atoms with Crippen LogP contribution in [0.15, 0.2) is 29.6 Å². The smallest absolute Gasteiger partial charge is 0.359 e. The molecule has 2 aliphatic carbocycles. The number of hydrogen-bond donors (Lipinski definition) is 2. The molecule has 6 nitrogen and oxygen atoms in total. The summed E-state index contributed by atoms with van der Waals surface area (Å²) in [6.07, 6.45) is 7.94. The van der Waals surface area contributed by atoms with E-state index in [0.29, 0.717) is 18.0 Å². The quantitative estimate of drug-likeness (QED) is 0.747. The molecule has 1 aromatic heterocycles. The van der Waals surface area contributed by atoms with Gasteiger partial charge in [-0.25, -0.2) is 9.78 Å². The lowest BCUT2D eigenvalue weighted by Gasteiger charge is -2.35. The van der Waals surface area contributed by atoms with Crippen molar-refractivity contribution in [3.05, 3.63) is 46.5 Å². The van der Waals surface area contributed by atoms with Gasteiger partial charge < -0.3 is 15.8 Å². The van der Waals surface area contributed by atoms with E-state index in [-0.39, 0.29) is 5.69 Å². The Labute approximate surface area is 168 Å². The Morgan fingerprint density at radius 1 is 1.18 bits per heavy atom. The number of nitrogens with zero attached hydrogens (tertiary/aromatic N) is 1. The van der Waals surface area contributed by atoms with E-state index in [0.717, 1.165) is 36.4 Å². The molecule has 1 amide bonds. The monoisotopic (exact) mass is 399 g/mol. The summed E-state index contributed by atoms with van der Waals surface area (Å²) < 4.78 is 5.76. The normalized spacial score (nSPS) is 22.3. The lowest BCUT2D eigenvalue weighted by molar-refractivity contribution is -0.140. The van der Waals surface area contributed by atoms with Crippen molar-refractivity contribution in [2.45, 2.75) is 63.0 Å². The van der Waals surface area contributed by atoms with E-state index >= 15 is 0 Å². The zero-order chi connectivity index (χ0) is 19.6. The van der Waals surface area contributed by atoms with Crippen LogP contribution in [0.3, 0.4) is 0 Å². The van der Waals surface area contributed by atoms with Crippen LogP contribution in [0.1, 0.15) is 66.6 Å². The molecule has 2 aliphatic rings. The molecular formula is C21H25N3O3S. The van der Waals surface area contributed by atoms with Crippen LogP contribution in [0.4, 0.5) is 5.13 Å². The highest BCUT2D eigenvalue weighted by Crippen LogP contribution is 2.39. The number of aryl methyl sites for hydroxylation is 1. The van der Waals surface area contributed by atoms with Crippen molar-refractivity contribution in [2.24, 2.45) is 5.73 Å². The fraction of sp³-hybridized carbons (Fsp3) is 0.476. The highest BCUT2D eigenvalue weighted by Gasteiger charge is 2.46. The number of nitrogens with two attached hydrogens (primary N) is 1. The number of nitrogens with one attached hydrogen (secondary N) is 1. The molecule has 1 fully saturated rings. The lowest BCUT2D eigenvalue weighted by atomic mass is 9.78. The maximum atomic E-state index is 12.8. The largest absolute Gasteiger partial charge is 0.439 e. The van der Waals surface area contributed by atoms with Crippen LogP contribution in [-0.2, 0) is 21.6 Å². The number of carbonyl (C=O) groups is 2. The second-order valence-electron chi connectivity index (χ2n) is 7.61. The van der Waals surface area contributed by atoms with Crippen molar-refractivity contribution in [3.63, 3.8) is 0 Å². The number of thiazole rings is 1. The van der Waals surface area contributed by atoms with E-state index in [4.69, 9.17) is 10.5 Å². The van der Waals surface area contributed by atoms with Gasteiger partial charge in [-0.1, -0.05) is 43.5 Å². The molecule has 1 aromatic carbocycles. The molecule has 0 spiro atoms. The second kappa shape index (κ2) is 7.91. The summed E-state index contributed by atoms with van der Waals surface area (Å²) in [5, 5.41) is 5.81. The summed E-state index contributed by atoms with van der Waals surface area (Å²) in [6, 6.07) is 7.94. The van der Waals surface area contributed by atoms with Gasteiger partial charge in [0.1, 0.15) is 0 Å². The van der Waals surface area contributed by atoms with Gasteiger partial charge in [-0.15, -0.1) is 11.3 Å². The maximum absolute atomic E-state index is 12.8. The van der Waals surface area contributed by atoms with Crippen LogP contribution in [0, 0.1) is 0 Å². The highest BCUT2D eigenvalue weighted by atomic mass is 32.1. The summed E-state index contributed by atoms with van der Waals surface area (Å²) in [6.45, 7) is 0. The summed E-state index contributed by atoms with van der Waals surface area (Å²) in [5.41, 5.74) is 6.21.